The van der Waals surface area contributed by atoms with Gasteiger partial charge in [-0.1, -0.05) is 23.2 Å². The Morgan fingerprint density at radius 3 is 2.50 bits per heavy atom. The average molecular weight is 316 g/mol. The summed E-state index contributed by atoms with van der Waals surface area (Å²) in [6.45, 7) is 5.23. The van der Waals surface area contributed by atoms with Crippen LogP contribution in [-0.2, 0) is 0 Å². The van der Waals surface area contributed by atoms with E-state index >= 15 is 0 Å². The lowest BCUT2D eigenvalue weighted by Crippen LogP contribution is -2.47. The Bertz CT molecular complexity index is 484. The maximum atomic E-state index is 6.25. The van der Waals surface area contributed by atoms with Crippen LogP contribution < -0.4 is 16.2 Å². The number of hydrazine groups is 1. The van der Waals surface area contributed by atoms with Gasteiger partial charge in [-0.3, -0.25) is 4.90 Å². The van der Waals surface area contributed by atoms with Crippen molar-refractivity contribution in [3.63, 3.8) is 0 Å². The molecule has 0 amide bonds. The second-order valence-corrected chi connectivity index (χ2v) is 6.31. The highest BCUT2D eigenvalue weighted by Gasteiger charge is 2.27. The van der Waals surface area contributed by atoms with Gasteiger partial charge in [0.15, 0.2) is 5.82 Å². The van der Waals surface area contributed by atoms with Gasteiger partial charge < -0.3 is 10.3 Å². The molecule has 0 unspecified atom stereocenters. The molecule has 0 spiro atoms. The summed E-state index contributed by atoms with van der Waals surface area (Å²) >= 11 is 12.3. The predicted molar refractivity (Wildman–Crippen MR) is 83.4 cm³/mol. The van der Waals surface area contributed by atoms with Crippen molar-refractivity contribution >= 4 is 34.8 Å². The third kappa shape index (κ3) is 3.11. The summed E-state index contributed by atoms with van der Waals surface area (Å²) in [6.07, 6.45) is 2.80. The zero-order chi connectivity index (χ0) is 14.1. The predicted octanol–water partition coefficient (Wildman–Crippen LogP) is 2.21. The van der Waals surface area contributed by atoms with Crippen molar-refractivity contribution in [1.82, 2.24) is 9.88 Å². The third-order valence-corrected chi connectivity index (χ3v) is 4.50. The molecule has 2 heterocycles. The molecule has 2 fully saturated rings. The lowest BCUT2D eigenvalue weighted by Gasteiger charge is -2.36. The van der Waals surface area contributed by atoms with Crippen LogP contribution in [0, 0.1) is 5.92 Å². The molecule has 0 atom stereocenters. The fraction of sp³-hybridized carbons (Fsp3) is 0.615. The van der Waals surface area contributed by atoms with E-state index in [1.807, 2.05) is 0 Å². The van der Waals surface area contributed by atoms with Crippen molar-refractivity contribution in [2.45, 2.75) is 12.8 Å². The van der Waals surface area contributed by atoms with E-state index < -0.39 is 0 Å². The number of nitrogens with one attached hydrogen (secondary N) is 1. The number of nitrogen functional groups attached to an aromatic ring is 1. The van der Waals surface area contributed by atoms with Gasteiger partial charge in [-0.2, -0.15) is 0 Å². The second kappa shape index (κ2) is 5.93. The van der Waals surface area contributed by atoms with E-state index in [9.17, 15) is 0 Å². The lowest BCUT2D eigenvalue weighted by atomic mass is 10.2. The molecule has 3 rings (SSSR count). The van der Waals surface area contributed by atoms with Crippen LogP contribution >= 0.6 is 23.2 Å². The van der Waals surface area contributed by atoms with Gasteiger partial charge in [-0.15, -0.1) is 0 Å². The highest BCUT2D eigenvalue weighted by atomic mass is 35.5. The minimum Gasteiger partial charge on any atom is -0.353 e. The molecule has 20 heavy (non-hydrogen) atoms. The molecule has 1 saturated carbocycles. The molecule has 0 aromatic carbocycles. The molecule has 2 aliphatic rings. The molecule has 1 aliphatic heterocycles. The van der Waals surface area contributed by atoms with Crippen LogP contribution in [0.5, 0.6) is 0 Å². The minimum absolute atomic E-state index is 0.439. The van der Waals surface area contributed by atoms with Crippen molar-refractivity contribution in [1.29, 1.82) is 0 Å². The first-order valence-corrected chi connectivity index (χ1v) is 7.73. The van der Waals surface area contributed by atoms with Crippen LogP contribution in [-0.4, -0.2) is 42.6 Å². The van der Waals surface area contributed by atoms with Crippen LogP contribution in [0.1, 0.15) is 12.8 Å². The summed E-state index contributed by atoms with van der Waals surface area (Å²) in [7, 11) is 0. The Hall–Kier alpha value is -0.750. The molecular formula is C13H19Cl2N5. The fourth-order valence-electron chi connectivity index (χ4n) is 2.59. The van der Waals surface area contributed by atoms with Crippen molar-refractivity contribution in [2.75, 3.05) is 43.0 Å². The molecule has 1 aromatic heterocycles. The Balaban J connectivity index is 1.67. The largest absolute Gasteiger partial charge is 0.353 e. The van der Waals surface area contributed by atoms with Crippen LogP contribution in [0.3, 0.4) is 0 Å². The van der Waals surface area contributed by atoms with Crippen molar-refractivity contribution in [3.05, 3.63) is 16.1 Å². The zero-order valence-electron chi connectivity index (χ0n) is 11.3. The number of hydrogen-bond donors (Lipinski definition) is 2. The van der Waals surface area contributed by atoms with Gasteiger partial charge in [0, 0.05) is 32.7 Å². The van der Waals surface area contributed by atoms with Crippen molar-refractivity contribution < 1.29 is 0 Å². The van der Waals surface area contributed by atoms with E-state index in [2.05, 4.69) is 20.2 Å². The second-order valence-electron chi connectivity index (χ2n) is 5.50. The van der Waals surface area contributed by atoms with E-state index in [0.29, 0.717) is 15.9 Å². The van der Waals surface area contributed by atoms with E-state index in [1.54, 1.807) is 6.07 Å². The van der Waals surface area contributed by atoms with Gasteiger partial charge in [-0.05, 0) is 24.8 Å². The topological polar surface area (TPSA) is 57.4 Å². The maximum absolute atomic E-state index is 6.25. The van der Waals surface area contributed by atoms with E-state index in [4.69, 9.17) is 29.0 Å². The number of anilines is 2. The average Bonchev–Trinajstić information content (AvgIpc) is 3.24. The van der Waals surface area contributed by atoms with Gasteiger partial charge in [-0.25, -0.2) is 10.8 Å². The summed E-state index contributed by atoms with van der Waals surface area (Å²) in [5, 5.41) is 1.01. The lowest BCUT2D eigenvalue weighted by molar-refractivity contribution is 0.247. The SMILES string of the molecule is NNc1nc(N2CCN(CC3CC3)CC2)c(Cl)cc1Cl. The van der Waals surface area contributed by atoms with Gasteiger partial charge in [0.05, 0.1) is 10.0 Å². The van der Waals surface area contributed by atoms with Crippen LogP contribution in [0.15, 0.2) is 6.07 Å². The van der Waals surface area contributed by atoms with Crippen LogP contribution in [0.4, 0.5) is 11.6 Å². The number of pyridine rings is 1. The summed E-state index contributed by atoms with van der Waals surface area (Å²) in [5.41, 5.74) is 2.51. The smallest absolute Gasteiger partial charge is 0.161 e. The summed E-state index contributed by atoms with van der Waals surface area (Å²) in [6, 6.07) is 1.69. The Labute approximate surface area is 129 Å². The molecule has 1 aliphatic carbocycles. The molecule has 0 bridgehead atoms. The Kier molecular flexibility index (Phi) is 4.21. The first kappa shape index (κ1) is 14.2. The molecular weight excluding hydrogens is 297 g/mol. The highest BCUT2D eigenvalue weighted by Crippen LogP contribution is 2.33. The first-order valence-electron chi connectivity index (χ1n) is 6.97. The summed E-state index contributed by atoms with van der Waals surface area (Å²) in [5.74, 6) is 7.58. The number of piperazine rings is 1. The van der Waals surface area contributed by atoms with Gasteiger partial charge in [0.2, 0.25) is 0 Å². The van der Waals surface area contributed by atoms with Crippen molar-refractivity contribution in [2.24, 2.45) is 11.8 Å². The molecule has 1 saturated heterocycles. The van der Waals surface area contributed by atoms with E-state index in [-0.39, 0.29) is 0 Å². The normalized spacial score (nSPS) is 20.2. The quantitative estimate of drug-likeness (QED) is 0.659. The maximum Gasteiger partial charge on any atom is 0.161 e. The third-order valence-electron chi connectivity index (χ3n) is 3.93. The highest BCUT2D eigenvalue weighted by molar-refractivity contribution is 6.37. The zero-order valence-corrected chi connectivity index (χ0v) is 12.8. The standard InChI is InChI=1S/C13H19Cl2N5/c14-10-7-11(15)13(17-12(10)18-16)20-5-3-19(4-6-20)8-9-1-2-9/h7,9H,1-6,8,16H2,(H,17,18). The number of hydrogen-bond acceptors (Lipinski definition) is 5. The number of nitrogens with two attached hydrogens (primary N) is 1. The Morgan fingerprint density at radius 2 is 1.90 bits per heavy atom. The summed E-state index contributed by atoms with van der Waals surface area (Å²) < 4.78 is 0. The van der Waals surface area contributed by atoms with Gasteiger partial charge in [0.25, 0.3) is 0 Å². The number of aromatic nitrogens is 1. The first-order chi connectivity index (χ1) is 9.67. The minimum atomic E-state index is 0.439. The monoisotopic (exact) mass is 315 g/mol. The number of nitrogens with zero attached hydrogens (tertiary/aromatic N) is 3. The molecule has 3 N–H and O–H groups in total. The molecule has 1 aromatic rings. The molecule has 5 nitrogen and oxygen atoms in total. The van der Waals surface area contributed by atoms with Gasteiger partial charge >= 0.3 is 0 Å². The van der Waals surface area contributed by atoms with Crippen LogP contribution in [0.2, 0.25) is 10.0 Å². The Morgan fingerprint density at radius 1 is 1.20 bits per heavy atom. The summed E-state index contributed by atoms with van der Waals surface area (Å²) in [4.78, 5) is 9.14. The van der Waals surface area contributed by atoms with E-state index in [1.165, 1.54) is 19.4 Å². The van der Waals surface area contributed by atoms with Crippen LogP contribution in [0.25, 0.3) is 0 Å². The number of rotatable bonds is 4. The van der Waals surface area contributed by atoms with Crippen molar-refractivity contribution in [3.8, 4) is 0 Å². The van der Waals surface area contributed by atoms with E-state index in [0.717, 1.165) is 37.9 Å². The molecule has 0 radical (unpaired) electrons. The number of halogens is 2. The molecule has 110 valence electrons. The molecule has 7 heteroatoms. The fourth-order valence-corrected chi connectivity index (χ4v) is 3.12. The van der Waals surface area contributed by atoms with Gasteiger partial charge in [0.1, 0.15) is 5.82 Å².